The van der Waals surface area contributed by atoms with Crippen molar-refractivity contribution in [3.8, 4) is 0 Å². The molecule has 0 aromatic rings. The second-order valence-electron chi connectivity index (χ2n) is 4.83. The first-order chi connectivity index (χ1) is 6.92. The highest BCUT2D eigenvalue weighted by Crippen LogP contribution is 2.32. The summed E-state index contributed by atoms with van der Waals surface area (Å²) in [5.74, 6) is -0.238. The van der Waals surface area contributed by atoms with Gasteiger partial charge in [0.2, 0.25) is 0 Å². The lowest BCUT2D eigenvalue weighted by Crippen LogP contribution is -2.39. The Balaban J connectivity index is 2.51. The molecule has 0 bridgehead atoms. The van der Waals surface area contributed by atoms with Crippen LogP contribution in [0.1, 0.15) is 33.6 Å². The van der Waals surface area contributed by atoms with Gasteiger partial charge in [0.15, 0.2) is 0 Å². The van der Waals surface area contributed by atoms with E-state index in [2.05, 4.69) is 20.4 Å². The Labute approximate surface area is 91.4 Å². The Morgan fingerprint density at radius 2 is 2.33 bits per heavy atom. The molecule has 1 heterocycles. The fourth-order valence-corrected chi connectivity index (χ4v) is 1.65. The molecule has 0 spiro atoms. The number of carbonyl (C=O) groups is 1. The minimum absolute atomic E-state index is 0.109. The van der Waals surface area contributed by atoms with E-state index in [0.29, 0.717) is 6.61 Å². The van der Waals surface area contributed by atoms with Gasteiger partial charge in [-0.25, -0.2) is 0 Å². The molecule has 1 aliphatic heterocycles. The summed E-state index contributed by atoms with van der Waals surface area (Å²) in [4.78, 5) is 10.8. The molecule has 0 radical (unpaired) electrons. The molecule has 15 heavy (non-hydrogen) atoms. The monoisotopic (exact) mass is 212 g/mol. The van der Waals surface area contributed by atoms with Gasteiger partial charge in [-0.15, -0.1) is 0 Å². The normalized spacial score (nSPS) is 22.6. The van der Waals surface area contributed by atoms with Gasteiger partial charge in [-0.2, -0.15) is 0 Å². The zero-order valence-electron chi connectivity index (χ0n) is 9.84. The maximum atomic E-state index is 10.8. The number of esters is 1. The van der Waals surface area contributed by atoms with Crippen LogP contribution in [0.3, 0.4) is 0 Å². The SMILES string of the molecule is C=C1CCOC(C(C)(C)COC(C)=O)C1. The number of ether oxygens (including phenoxy) is 2. The van der Waals surface area contributed by atoms with Gasteiger partial charge in [0.05, 0.1) is 19.3 Å². The zero-order chi connectivity index (χ0) is 11.5. The highest BCUT2D eigenvalue weighted by Gasteiger charge is 2.33. The highest BCUT2D eigenvalue weighted by atomic mass is 16.5. The molecular formula is C12H20O3. The number of hydrogen-bond donors (Lipinski definition) is 0. The molecule has 0 saturated carbocycles. The van der Waals surface area contributed by atoms with E-state index in [-0.39, 0.29) is 17.5 Å². The van der Waals surface area contributed by atoms with Gasteiger partial charge in [0.1, 0.15) is 0 Å². The molecule has 1 saturated heterocycles. The van der Waals surface area contributed by atoms with E-state index in [9.17, 15) is 4.79 Å². The third-order valence-electron chi connectivity index (χ3n) is 2.77. The Hall–Kier alpha value is -0.830. The van der Waals surface area contributed by atoms with Crippen LogP contribution in [-0.2, 0) is 14.3 Å². The Morgan fingerprint density at radius 3 is 2.87 bits per heavy atom. The summed E-state index contributed by atoms with van der Waals surface area (Å²) in [5, 5.41) is 0. The molecule has 1 rings (SSSR count). The summed E-state index contributed by atoms with van der Waals surface area (Å²) in [5.41, 5.74) is 1.08. The van der Waals surface area contributed by atoms with Crippen LogP contribution in [0, 0.1) is 5.41 Å². The van der Waals surface area contributed by atoms with Crippen molar-refractivity contribution in [1.82, 2.24) is 0 Å². The maximum Gasteiger partial charge on any atom is 0.302 e. The summed E-state index contributed by atoms with van der Waals surface area (Å²) in [6.07, 6.45) is 1.92. The van der Waals surface area contributed by atoms with E-state index >= 15 is 0 Å². The van der Waals surface area contributed by atoms with Crippen LogP contribution >= 0.6 is 0 Å². The summed E-state index contributed by atoms with van der Waals surface area (Å²) in [6, 6.07) is 0. The van der Waals surface area contributed by atoms with Crippen LogP contribution in [0.4, 0.5) is 0 Å². The van der Waals surface area contributed by atoms with Gasteiger partial charge in [0.25, 0.3) is 0 Å². The Bertz CT molecular complexity index is 256. The summed E-state index contributed by atoms with van der Waals surface area (Å²) in [7, 11) is 0. The first-order valence-electron chi connectivity index (χ1n) is 5.33. The first-order valence-corrected chi connectivity index (χ1v) is 5.33. The van der Waals surface area contributed by atoms with E-state index in [1.54, 1.807) is 0 Å². The second kappa shape index (κ2) is 4.79. The summed E-state index contributed by atoms with van der Waals surface area (Å²) >= 11 is 0. The van der Waals surface area contributed by atoms with Crippen molar-refractivity contribution >= 4 is 5.97 Å². The van der Waals surface area contributed by atoms with Crippen LogP contribution in [-0.4, -0.2) is 25.3 Å². The topological polar surface area (TPSA) is 35.5 Å². The van der Waals surface area contributed by atoms with Gasteiger partial charge in [-0.05, 0) is 12.8 Å². The molecule has 0 amide bonds. The second-order valence-corrected chi connectivity index (χ2v) is 4.83. The van der Waals surface area contributed by atoms with Crippen molar-refractivity contribution in [3.63, 3.8) is 0 Å². The first kappa shape index (κ1) is 12.2. The van der Waals surface area contributed by atoms with E-state index in [1.165, 1.54) is 12.5 Å². The molecule has 1 unspecified atom stereocenters. The lowest BCUT2D eigenvalue weighted by Gasteiger charge is -2.36. The third-order valence-corrected chi connectivity index (χ3v) is 2.77. The Kier molecular flexibility index (Phi) is 3.91. The molecule has 1 aliphatic rings. The fourth-order valence-electron chi connectivity index (χ4n) is 1.65. The van der Waals surface area contributed by atoms with Crippen molar-refractivity contribution in [3.05, 3.63) is 12.2 Å². The minimum Gasteiger partial charge on any atom is -0.465 e. The number of hydrogen-bond acceptors (Lipinski definition) is 3. The van der Waals surface area contributed by atoms with Gasteiger partial charge < -0.3 is 9.47 Å². The molecule has 1 fully saturated rings. The van der Waals surface area contributed by atoms with Crippen molar-refractivity contribution in [1.29, 1.82) is 0 Å². The molecule has 86 valence electrons. The molecule has 1 atom stereocenters. The Morgan fingerprint density at radius 1 is 1.67 bits per heavy atom. The van der Waals surface area contributed by atoms with E-state index in [0.717, 1.165) is 19.4 Å². The number of carbonyl (C=O) groups excluding carboxylic acids is 1. The maximum absolute atomic E-state index is 10.8. The molecule has 0 aromatic carbocycles. The molecule has 3 nitrogen and oxygen atoms in total. The van der Waals surface area contributed by atoms with E-state index in [1.807, 2.05) is 0 Å². The summed E-state index contributed by atoms with van der Waals surface area (Å²) < 4.78 is 10.7. The van der Waals surface area contributed by atoms with E-state index < -0.39 is 0 Å². The quantitative estimate of drug-likeness (QED) is 0.532. The largest absolute Gasteiger partial charge is 0.465 e. The lowest BCUT2D eigenvalue weighted by atomic mass is 9.82. The minimum atomic E-state index is -0.238. The van der Waals surface area contributed by atoms with Crippen LogP contribution in [0.15, 0.2) is 12.2 Å². The van der Waals surface area contributed by atoms with Crippen molar-refractivity contribution < 1.29 is 14.3 Å². The van der Waals surface area contributed by atoms with Crippen LogP contribution < -0.4 is 0 Å². The van der Waals surface area contributed by atoms with Crippen LogP contribution in [0.25, 0.3) is 0 Å². The molecule has 0 aliphatic carbocycles. The van der Waals surface area contributed by atoms with Gasteiger partial charge >= 0.3 is 5.97 Å². The number of rotatable bonds is 3. The lowest BCUT2D eigenvalue weighted by molar-refractivity contribution is -0.148. The van der Waals surface area contributed by atoms with Crippen LogP contribution in [0.5, 0.6) is 0 Å². The molecule has 0 N–H and O–H groups in total. The molecule has 0 aromatic heterocycles. The average molecular weight is 212 g/mol. The summed E-state index contributed by atoms with van der Waals surface area (Å²) in [6.45, 7) is 10.7. The smallest absolute Gasteiger partial charge is 0.302 e. The fraction of sp³-hybridized carbons (Fsp3) is 0.750. The van der Waals surface area contributed by atoms with Gasteiger partial charge in [0, 0.05) is 12.3 Å². The van der Waals surface area contributed by atoms with Crippen molar-refractivity contribution in [2.24, 2.45) is 5.41 Å². The molecular weight excluding hydrogens is 192 g/mol. The van der Waals surface area contributed by atoms with Gasteiger partial charge in [-0.1, -0.05) is 26.0 Å². The van der Waals surface area contributed by atoms with Crippen LogP contribution in [0.2, 0.25) is 0 Å². The highest BCUT2D eigenvalue weighted by molar-refractivity contribution is 5.65. The standard InChI is InChI=1S/C12H20O3/c1-9-5-6-14-11(7-9)12(3,4)8-15-10(2)13/h11H,1,5-8H2,2-4H3. The van der Waals surface area contributed by atoms with Crippen molar-refractivity contribution in [2.75, 3.05) is 13.2 Å². The predicted molar refractivity (Wildman–Crippen MR) is 58.5 cm³/mol. The van der Waals surface area contributed by atoms with Gasteiger partial charge in [-0.3, -0.25) is 4.79 Å². The van der Waals surface area contributed by atoms with E-state index in [4.69, 9.17) is 9.47 Å². The molecule has 3 heteroatoms. The third kappa shape index (κ3) is 3.67. The predicted octanol–water partition coefficient (Wildman–Crippen LogP) is 2.31. The zero-order valence-corrected chi connectivity index (χ0v) is 9.84. The average Bonchev–Trinajstić information content (AvgIpc) is 2.15. The van der Waals surface area contributed by atoms with Crippen molar-refractivity contribution in [2.45, 2.75) is 39.7 Å².